The molecule has 28 heavy (non-hydrogen) atoms. The Morgan fingerprint density at radius 3 is 2.68 bits per heavy atom. The van der Waals surface area contributed by atoms with E-state index in [9.17, 15) is 8.42 Å². The van der Waals surface area contributed by atoms with Crippen LogP contribution in [0.5, 0.6) is 0 Å². The summed E-state index contributed by atoms with van der Waals surface area (Å²) < 4.78 is 31.3. The van der Waals surface area contributed by atoms with Crippen molar-refractivity contribution in [2.45, 2.75) is 38.4 Å². The second-order valence-corrected chi connectivity index (χ2v) is 9.67. The summed E-state index contributed by atoms with van der Waals surface area (Å²) in [6.07, 6.45) is 6.61. The zero-order valence-corrected chi connectivity index (χ0v) is 19.9. The minimum absolute atomic E-state index is 0. The Balaban J connectivity index is 0.00000280. The van der Waals surface area contributed by atoms with E-state index >= 15 is 0 Å². The lowest BCUT2D eigenvalue weighted by molar-refractivity contribution is 0.252. The highest BCUT2D eigenvalue weighted by Crippen LogP contribution is 2.28. The van der Waals surface area contributed by atoms with Crippen LogP contribution in [0, 0.1) is 11.8 Å². The van der Waals surface area contributed by atoms with Crippen LogP contribution in [-0.2, 0) is 15.8 Å². The number of aliphatic imine (C=N–C) groups is 1. The molecule has 2 unspecified atom stereocenters. The van der Waals surface area contributed by atoms with Crippen molar-refractivity contribution in [2.24, 2.45) is 16.8 Å². The summed E-state index contributed by atoms with van der Waals surface area (Å²) in [6, 6.07) is 1.59. The lowest BCUT2D eigenvalue weighted by Gasteiger charge is -2.36. The lowest BCUT2D eigenvalue weighted by Crippen LogP contribution is -2.54. The predicted octanol–water partition coefficient (Wildman–Crippen LogP) is 2.14. The molecule has 1 N–H and O–H groups in total. The number of halogens is 1. The molecule has 10 heteroatoms. The van der Waals surface area contributed by atoms with Crippen molar-refractivity contribution in [1.82, 2.24) is 19.7 Å². The number of sulfonamides is 1. The number of aromatic nitrogens is 1. The first kappa shape index (κ1) is 23.4. The summed E-state index contributed by atoms with van der Waals surface area (Å²) >= 11 is 0. The van der Waals surface area contributed by atoms with Gasteiger partial charge in [-0.15, -0.1) is 24.0 Å². The quantitative estimate of drug-likeness (QED) is 0.360. The van der Waals surface area contributed by atoms with E-state index in [0.717, 1.165) is 18.4 Å². The van der Waals surface area contributed by atoms with Gasteiger partial charge in [-0.2, -0.15) is 4.31 Å². The van der Waals surface area contributed by atoms with Crippen LogP contribution in [0.3, 0.4) is 0 Å². The minimum Gasteiger partial charge on any atom is -0.364 e. The fourth-order valence-electron chi connectivity index (χ4n) is 4.08. The molecule has 1 aliphatic carbocycles. The van der Waals surface area contributed by atoms with Crippen molar-refractivity contribution in [3.8, 4) is 0 Å². The summed E-state index contributed by atoms with van der Waals surface area (Å²) in [7, 11) is -1.58. The normalized spacial score (nSPS) is 24.6. The van der Waals surface area contributed by atoms with E-state index in [1.807, 2.05) is 0 Å². The molecule has 0 bridgehead atoms. The van der Waals surface area contributed by atoms with Gasteiger partial charge in [0.05, 0.1) is 5.69 Å². The monoisotopic (exact) mass is 525 g/mol. The molecule has 2 fully saturated rings. The summed E-state index contributed by atoms with van der Waals surface area (Å²) in [6.45, 7) is 5.47. The van der Waals surface area contributed by atoms with Crippen LogP contribution in [0.4, 0.5) is 0 Å². The van der Waals surface area contributed by atoms with Crippen molar-refractivity contribution in [1.29, 1.82) is 0 Å². The highest BCUT2D eigenvalue weighted by Gasteiger charge is 2.29. The average Bonchev–Trinajstić information content (AvgIpc) is 3.15. The van der Waals surface area contributed by atoms with Crippen LogP contribution >= 0.6 is 24.0 Å². The molecule has 160 valence electrons. The van der Waals surface area contributed by atoms with Gasteiger partial charge < -0.3 is 14.7 Å². The van der Waals surface area contributed by atoms with E-state index in [0.29, 0.717) is 37.8 Å². The molecule has 3 rings (SSSR count). The maximum Gasteiger partial charge on any atom is 0.220 e. The van der Waals surface area contributed by atoms with Crippen molar-refractivity contribution in [3.05, 3.63) is 18.0 Å². The number of nitrogens with one attached hydrogen (secondary N) is 1. The number of nitrogens with zero attached hydrogens (tertiary/aromatic N) is 4. The molecular weight excluding hydrogens is 493 g/mol. The van der Waals surface area contributed by atoms with Gasteiger partial charge >= 0.3 is 0 Å². The van der Waals surface area contributed by atoms with Gasteiger partial charge in [0.15, 0.2) is 5.96 Å². The Morgan fingerprint density at radius 2 is 2.07 bits per heavy atom. The Hall–Kier alpha value is -0.880. The number of hydrogen-bond donors (Lipinski definition) is 1. The van der Waals surface area contributed by atoms with Gasteiger partial charge in [0.1, 0.15) is 12.0 Å². The van der Waals surface area contributed by atoms with E-state index in [2.05, 4.69) is 27.3 Å². The van der Waals surface area contributed by atoms with Crippen molar-refractivity contribution >= 4 is 40.0 Å². The first-order valence-electron chi connectivity index (χ1n) is 9.80. The highest BCUT2D eigenvalue weighted by atomic mass is 127. The van der Waals surface area contributed by atoms with Gasteiger partial charge in [-0.05, 0) is 24.7 Å². The van der Waals surface area contributed by atoms with Crippen LogP contribution in [0.2, 0.25) is 0 Å². The number of guanidine groups is 1. The Kier molecular flexibility index (Phi) is 9.00. The van der Waals surface area contributed by atoms with Gasteiger partial charge in [-0.25, -0.2) is 8.42 Å². The van der Waals surface area contributed by atoms with Crippen molar-refractivity contribution < 1.29 is 12.9 Å². The minimum atomic E-state index is -3.37. The molecule has 1 saturated carbocycles. The smallest absolute Gasteiger partial charge is 0.220 e. The molecule has 1 aromatic rings. The van der Waals surface area contributed by atoms with Gasteiger partial charge in [-0.1, -0.05) is 24.9 Å². The molecule has 2 heterocycles. The van der Waals surface area contributed by atoms with Crippen LogP contribution in [0.1, 0.15) is 38.3 Å². The fourth-order valence-corrected chi connectivity index (χ4v) is 5.51. The fraction of sp³-hybridized carbons (Fsp3) is 0.778. The Morgan fingerprint density at radius 1 is 1.32 bits per heavy atom. The van der Waals surface area contributed by atoms with Crippen LogP contribution in [0.15, 0.2) is 21.8 Å². The van der Waals surface area contributed by atoms with E-state index < -0.39 is 10.0 Å². The summed E-state index contributed by atoms with van der Waals surface area (Å²) in [5.41, 5.74) is 0.441. The molecule has 0 aromatic carbocycles. The second-order valence-electron chi connectivity index (χ2n) is 7.70. The molecule has 1 saturated heterocycles. The van der Waals surface area contributed by atoms with Crippen LogP contribution in [-0.4, -0.2) is 68.5 Å². The number of piperazine rings is 1. The number of rotatable bonds is 5. The standard InChI is InChI=1S/C18H31N5O3S.HI/c1-15-4-3-5-16(12-15)13-20-18(19-2)22-7-9-23(10-8-22)27(24,25)14-17-6-11-26-21-17;/h6,11,15-16H,3-5,7-10,12-14H2,1-2H3,(H,19,20);1H. The third-order valence-electron chi connectivity index (χ3n) is 5.56. The molecule has 0 amide bonds. The Labute approximate surface area is 185 Å². The van der Waals surface area contributed by atoms with Crippen molar-refractivity contribution in [3.63, 3.8) is 0 Å². The molecule has 1 aromatic heterocycles. The van der Waals surface area contributed by atoms with E-state index in [4.69, 9.17) is 4.52 Å². The molecule has 8 nitrogen and oxygen atoms in total. The topological polar surface area (TPSA) is 91.0 Å². The van der Waals surface area contributed by atoms with E-state index in [1.165, 1.54) is 36.3 Å². The summed E-state index contributed by atoms with van der Waals surface area (Å²) in [4.78, 5) is 6.55. The maximum absolute atomic E-state index is 12.5. The number of hydrogen-bond acceptors (Lipinski definition) is 5. The van der Waals surface area contributed by atoms with E-state index in [1.54, 1.807) is 13.1 Å². The third kappa shape index (κ3) is 6.31. The van der Waals surface area contributed by atoms with Gasteiger partial charge in [0.2, 0.25) is 10.0 Å². The largest absolute Gasteiger partial charge is 0.364 e. The SMILES string of the molecule is CN=C(NCC1CCCC(C)C1)N1CCN(S(=O)(=O)Cc2ccon2)CC1.I. The third-order valence-corrected chi connectivity index (χ3v) is 7.37. The molecule has 2 atom stereocenters. The van der Waals surface area contributed by atoms with Crippen molar-refractivity contribution in [2.75, 3.05) is 39.8 Å². The van der Waals surface area contributed by atoms with Gasteiger partial charge in [-0.3, -0.25) is 4.99 Å². The van der Waals surface area contributed by atoms with Gasteiger partial charge in [0, 0.05) is 45.8 Å². The zero-order chi connectivity index (χ0) is 19.3. The summed E-state index contributed by atoms with van der Waals surface area (Å²) in [5.74, 6) is 2.28. The first-order chi connectivity index (χ1) is 13.0. The molecular formula is C18H32IN5O3S. The second kappa shape index (κ2) is 10.8. The highest BCUT2D eigenvalue weighted by molar-refractivity contribution is 14.0. The first-order valence-corrected chi connectivity index (χ1v) is 11.4. The van der Waals surface area contributed by atoms with E-state index in [-0.39, 0.29) is 29.7 Å². The summed E-state index contributed by atoms with van der Waals surface area (Å²) in [5, 5.41) is 7.21. The average molecular weight is 525 g/mol. The zero-order valence-electron chi connectivity index (χ0n) is 16.7. The molecule has 0 spiro atoms. The molecule has 0 radical (unpaired) electrons. The molecule has 2 aliphatic rings. The Bertz CT molecular complexity index is 718. The lowest BCUT2D eigenvalue weighted by atomic mass is 9.82. The van der Waals surface area contributed by atoms with Crippen LogP contribution < -0.4 is 5.32 Å². The van der Waals surface area contributed by atoms with Crippen LogP contribution in [0.25, 0.3) is 0 Å². The van der Waals surface area contributed by atoms with Gasteiger partial charge in [0.25, 0.3) is 0 Å². The molecule has 1 aliphatic heterocycles. The predicted molar refractivity (Wildman–Crippen MR) is 120 cm³/mol. The maximum atomic E-state index is 12.5.